The van der Waals surface area contributed by atoms with Crippen LogP contribution >= 0.6 is 0 Å². The molecule has 1 atom stereocenters. The highest BCUT2D eigenvalue weighted by molar-refractivity contribution is 5.04. The van der Waals surface area contributed by atoms with Crippen molar-refractivity contribution in [3.8, 4) is 0 Å². The van der Waals surface area contributed by atoms with Gasteiger partial charge < -0.3 is 5.32 Å². The topological polar surface area (TPSA) is 33.1 Å². The van der Waals surface area contributed by atoms with Gasteiger partial charge in [0.1, 0.15) is 0 Å². The highest BCUT2D eigenvalue weighted by atomic mass is 15.3. The van der Waals surface area contributed by atoms with Gasteiger partial charge in [0.05, 0.1) is 0 Å². The van der Waals surface area contributed by atoms with Gasteiger partial charge in [0.15, 0.2) is 0 Å². The van der Waals surface area contributed by atoms with Gasteiger partial charge in [0.25, 0.3) is 0 Å². The van der Waals surface area contributed by atoms with Gasteiger partial charge in [0.2, 0.25) is 0 Å². The van der Waals surface area contributed by atoms with Crippen LogP contribution in [0.3, 0.4) is 0 Å². The molecule has 2 fully saturated rings. The molecule has 2 aliphatic rings. The molecule has 4 heteroatoms. The Morgan fingerprint density at radius 3 is 3.00 bits per heavy atom. The van der Waals surface area contributed by atoms with Gasteiger partial charge in [0, 0.05) is 57.1 Å². The van der Waals surface area contributed by atoms with Gasteiger partial charge in [-0.15, -0.1) is 0 Å². The van der Waals surface area contributed by atoms with Crippen LogP contribution in [0.5, 0.6) is 0 Å². The summed E-state index contributed by atoms with van der Waals surface area (Å²) >= 11 is 0. The van der Waals surface area contributed by atoms with Crippen LogP contribution in [-0.2, 0) is 13.5 Å². The molecule has 1 aliphatic carbocycles. The molecule has 2 heterocycles. The van der Waals surface area contributed by atoms with Gasteiger partial charge in [-0.25, -0.2) is 0 Å². The molecule has 100 valence electrons. The summed E-state index contributed by atoms with van der Waals surface area (Å²) in [6.07, 6.45) is 5.83. The number of hydrogen-bond acceptors (Lipinski definition) is 3. The van der Waals surface area contributed by atoms with E-state index >= 15 is 0 Å². The SMILES string of the molecule is Cn1nccc1CCN1CCNC(C)(C2CC2)C1. The number of aryl methyl sites for hydroxylation is 1. The first-order valence-electron chi connectivity index (χ1n) is 7.12. The average molecular weight is 248 g/mol. The summed E-state index contributed by atoms with van der Waals surface area (Å²) in [7, 11) is 2.03. The smallest absolute Gasteiger partial charge is 0.0492 e. The lowest BCUT2D eigenvalue weighted by Crippen LogP contribution is -2.60. The highest BCUT2D eigenvalue weighted by Gasteiger charge is 2.43. The van der Waals surface area contributed by atoms with Crippen molar-refractivity contribution in [1.82, 2.24) is 20.0 Å². The number of piperazine rings is 1. The summed E-state index contributed by atoms with van der Waals surface area (Å²) in [4.78, 5) is 2.61. The number of hydrogen-bond donors (Lipinski definition) is 1. The van der Waals surface area contributed by atoms with E-state index in [-0.39, 0.29) is 0 Å². The van der Waals surface area contributed by atoms with Crippen LogP contribution in [0.15, 0.2) is 12.3 Å². The van der Waals surface area contributed by atoms with Crippen molar-refractivity contribution < 1.29 is 0 Å². The van der Waals surface area contributed by atoms with Crippen molar-refractivity contribution >= 4 is 0 Å². The molecule has 1 saturated carbocycles. The summed E-state index contributed by atoms with van der Waals surface area (Å²) in [5, 5.41) is 7.97. The fourth-order valence-electron chi connectivity index (χ4n) is 3.20. The zero-order valence-electron chi connectivity index (χ0n) is 11.5. The quantitative estimate of drug-likeness (QED) is 0.864. The molecule has 1 aromatic rings. The van der Waals surface area contributed by atoms with E-state index in [0.29, 0.717) is 5.54 Å². The Bertz CT molecular complexity index is 410. The Balaban J connectivity index is 1.55. The first kappa shape index (κ1) is 12.2. The summed E-state index contributed by atoms with van der Waals surface area (Å²) in [5.41, 5.74) is 1.70. The maximum absolute atomic E-state index is 4.23. The fourth-order valence-corrected chi connectivity index (χ4v) is 3.20. The molecule has 1 N–H and O–H groups in total. The van der Waals surface area contributed by atoms with Crippen LogP contribution in [0.4, 0.5) is 0 Å². The molecular formula is C14H24N4. The van der Waals surface area contributed by atoms with Gasteiger partial charge in [-0.2, -0.15) is 5.10 Å². The Morgan fingerprint density at radius 2 is 2.33 bits per heavy atom. The molecule has 0 radical (unpaired) electrons. The molecule has 18 heavy (non-hydrogen) atoms. The average Bonchev–Trinajstić information content (AvgIpc) is 3.12. The Labute approximate surface area is 109 Å². The van der Waals surface area contributed by atoms with E-state index in [1.54, 1.807) is 0 Å². The number of nitrogens with zero attached hydrogens (tertiary/aromatic N) is 3. The van der Waals surface area contributed by atoms with E-state index < -0.39 is 0 Å². The number of nitrogens with one attached hydrogen (secondary N) is 1. The van der Waals surface area contributed by atoms with E-state index in [9.17, 15) is 0 Å². The molecule has 1 aromatic heterocycles. The molecule has 0 aromatic carbocycles. The summed E-state index contributed by atoms with van der Waals surface area (Å²) in [6.45, 7) is 7.08. The molecule has 1 aliphatic heterocycles. The van der Waals surface area contributed by atoms with E-state index in [2.05, 4.69) is 28.3 Å². The third-order valence-corrected chi connectivity index (χ3v) is 4.59. The van der Waals surface area contributed by atoms with Crippen LogP contribution in [0.1, 0.15) is 25.5 Å². The van der Waals surface area contributed by atoms with Crippen LogP contribution in [0.25, 0.3) is 0 Å². The van der Waals surface area contributed by atoms with E-state index in [1.165, 1.54) is 31.6 Å². The van der Waals surface area contributed by atoms with E-state index in [1.807, 2.05) is 17.9 Å². The maximum Gasteiger partial charge on any atom is 0.0492 e. The molecule has 4 nitrogen and oxygen atoms in total. The van der Waals surface area contributed by atoms with Gasteiger partial charge in [-0.05, 0) is 31.7 Å². The van der Waals surface area contributed by atoms with Crippen LogP contribution in [0, 0.1) is 5.92 Å². The van der Waals surface area contributed by atoms with Gasteiger partial charge in [-0.1, -0.05) is 0 Å². The predicted molar refractivity (Wildman–Crippen MR) is 72.5 cm³/mol. The Morgan fingerprint density at radius 1 is 1.50 bits per heavy atom. The largest absolute Gasteiger partial charge is 0.309 e. The lowest BCUT2D eigenvalue weighted by molar-refractivity contribution is 0.128. The van der Waals surface area contributed by atoms with E-state index in [4.69, 9.17) is 0 Å². The van der Waals surface area contributed by atoms with Gasteiger partial charge >= 0.3 is 0 Å². The van der Waals surface area contributed by atoms with Crippen molar-refractivity contribution in [1.29, 1.82) is 0 Å². The fraction of sp³-hybridized carbons (Fsp3) is 0.786. The van der Waals surface area contributed by atoms with Crippen molar-refractivity contribution in [2.45, 2.75) is 31.7 Å². The maximum atomic E-state index is 4.23. The van der Waals surface area contributed by atoms with Crippen molar-refractivity contribution in [3.05, 3.63) is 18.0 Å². The molecular weight excluding hydrogens is 224 g/mol. The summed E-state index contributed by atoms with van der Waals surface area (Å²) < 4.78 is 1.99. The summed E-state index contributed by atoms with van der Waals surface area (Å²) in [6, 6.07) is 2.13. The Kier molecular flexibility index (Phi) is 3.16. The Hall–Kier alpha value is -0.870. The third-order valence-electron chi connectivity index (χ3n) is 4.59. The number of aromatic nitrogens is 2. The van der Waals surface area contributed by atoms with Crippen molar-refractivity contribution in [3.63, 3.8) is 0 Å². The van der Waals surface area contributed by atoms with E-state index in [0.717, 1.165) is 25.4 Å². The predicted octanol–water partition coefficient (Wildman–Crippen LogP) is 1.04. The minimum absolute atomic E-state index is 0.366. The standard InChI is InChI=1S/C14H24N4/c1-14(12-3-4-12)11-18(10-8-15-14)9-6-13-5-7-16-17(13)2/h5,7,12,15H,3-4,6,8-11H2,1-2H3. The minimum atomic E-state index is 0.366. The lowest BCUT2D eigenvalue weighted by Gasteiger charge is -2.42. The second-order valence-corrected chi connectivity index (χ2v) is 6.09. The second-order valence-electron chi connectivity index (χ2n) is 6.09. The molecule has 1 saturated heterocycles. The minimum Gasteiger partial charge on any atom is -0.309 e. The third kappa shape index (κ3) is 2.45. The molecule has 3 rings (SSSR count). The zero-order chi connectivity index (χ0) is 12.6. The first-order valence-corrected chi connectivity index (χ1v) is 7.12. The van der Waals surface area contributed by atoms with Crippen LogP contribution in [0.2, 0.25) is 0 Å². The van der Waals surface area contributed by atoms with Gasteiger partial charge in [-0.3, -0.25) is 9.58 Å². The lowest BCUT2D eigenvalue weighted by atomic mass is 9.93. The van der Waals surface area contributed by atoms with Crippen molar-refractivity contribution in [2.24, 2.45) is 13.0 Å². The van der Waals surface area contributed by atoms with Crippen LogP contribution < -0.4 is 5.32 Å². The monoisotopic (exact) mass is 248 g/mol. The molecule has 0 amide bonds. The second kappa shape index (κ2) is 4.67. The normalized spacial score (nSPS) is 29.7. The zero-order valence-corrected chi connectivity index (χ0v) is 11.5. The van der Waals surface area contributed by atoms with Crippen LogP contribution in [-0.4, -0.2) is 46.4 Å². The number of rotatable bonds is 4. The molecule has 0 bridgehead atoms. The summed E-state index contributed by atoms with van der Waals surface area (Å²) in [5.74, 6) is 0.914. The molecule has 0 spiro atoms. The van der Waals surface area contributed by atoms with Crippen molar-refractivity contribution in [2.75, 3.05) is 26.2 Å². The first-order chi connectivity index (χ1) is 8.67. The highest BCUT2D eigenvalue weighted by Crippen LogP contribution is 2.40. The molecule has 1 unspecified atom stereocenters.